The van der Waals surface area contributed by atoms with E-state index in [1.54, 1.807) is 0 Å². The Kier molecular flexibility index (Phi) is 6.96. The molecule has 0 amide bonds. The fraction of sp³-hybridized carbons (Fsp3) is 1.00. The van der Waals surface area contributed by atoms with Gasteiger partial charge in [-0.1, -0.05) is 6.92 Å². The van der Waals surface area contributed by atoms with Crippen LogP contribution in [0.1, 0.15) is 26.2 Å². The second kappa shape index (κ2) is 7.96. The highest BCUT2D eigenvalue weighted by Crippen LogP contribution is 2.18. The quantitative estimate of drug-likeness (QED) is 0.717. The summed E-state index contributed by atoms with van der Waals surface area (Å²) in [6.45, 7) is 4.79. The Morgan fingerprint density at radius 1 is 1.28 bits per heavy atom. The normalized spacial score (nSPS) is 19.3. The lowest BCUT2D eigenvalue weighted by atomic mass is 9.97. The summed E-state index contributed by atoms with van der Waals surface area (Å²) in [5.74, 6) is 0.649. The summed E-state index contributed by atoms with van der Waals surface area (Å²) in [5.41, 5.74) is 0. The molecule has 0 saturated carbocycles. The smallest absolute Gasteiger partial charge is 0.357 e. The molecule has 18 heavy (non-hydrogen) atoms. The van der Waals surface area contributed by atoms with Gasteiger partial charge in [-0.15, -0.1) is 0 Å². The molecular formula is C12H23F3N2O. The summed E-state index contributed by atoms with van der Waals surface area (Å²) in [5, 5.41) is 3.38. The Morgan fingerprint density at radius 2 is 1.94 bits per heavy atom. The maximum Gasteiger partial charge on any atom is 0.411 e. The van der Waals surface area contributed by atoms with Crippen molar-refractivity contribution in [2.24, 2.45) is 5.92 Å². The van der Waals surface area contributed by atoms with E-state index in [9.17, 15) is 13.2 Å². The van der Waals surface area contributed by atoms with Crippen molar-refractivity contribution in [2.75, 3.05) is 39.5 Å². The summed E-state index contributed by atoms with van der Waals surface area (Å²) in [4.78, 5) is 1.95. The zero-order chi connectivity index (χ0) is 13.4. The fourth-order valence-electron chi connectivity index (χ4n) is 2.09. The Bertz CT molecular complexity index is 216. The van der Waals surface area contributed by atoms with Crippen LogP contribution in [0.2, 0.25) is 0 Å². The third-order valence-corrected chi connectivity index (χ3v) is 3.11. The number of hydrogen-bond donors (Lipinski definition) is 1. The van der Waals surface area contributed by atoms with Crippen LogP contribution in [0.4, 0.5) is 13.2 Å². The zero-order valence-corrected chi connectivity index (χ0v) is 10.9. The van der Waals surface area contributed by atoms with Gasteiger partial charge >= 0.3 is 6.18 Å². The fourth-order valence-corrected chi connectivity index (χ4v) is 2.09. The topological polar surface area (TPSA) is 24.5 Å². The van der Waals surface area contributed by atoms with Gasteiger partial charge in [0.05, 0.1) is 6.73 Å². The van der Waals surface area contributed by atoms with E-state index in [1.165, 1.54) is 0 Å². The van der Waals surface area contributed by atoms with Crippen molar-refractivity contribution in [2.45, 2.75) is 32.4 Å². The second-order valence-electron chi connectivity index (χ2n) is 4.86. The second-order valence-corrected chi connectivity index (χ2v) is 4.86. The molecule has 108 valence electrons. The molecule has 1 rings (SSSR count). The van der Waals surface area contributed by atoms with Crippen molar-refractivity contribution < 1.29 is 17.9 Å². The Morgan fingerprint density at radius 3 is 2.50 bits per heavy atom. The number of hydrogen-bond acceptors (Lipinski definition) is 3. The van der Waals surface area contributed by atoms with Gasteiger partial charge in [-0.3, -0.25) is 4.90 Å². The van der Waals surface area contributed by atoms with Gasteiger partial charge in [-0.25, -0.2) is 0 Å². The van der Waals surface area contributed by atoms with E-state index in [-0.39, 0.29) is 6.73 Å². The molecule has 1 N–H and O–H groups in total. The number of nitrogens with zero attached hydrogens (tertiary/aromatic N) is 1. The average Bonchev–Trinajstić information content (AvgIpc) is 2.30. The first-order valence-electron chi connectivity index (χ1n) is 6.59. The van der Waals surface area contributed by atoms with Gasteiger partial charge in [0.2, 0.25) is 0 Å². The molecule has 0 aromatic heterocycles. The number of likely N-dealkylation sites (tertiary alicyclic amines) is 1. The lowest BCUT2D eigenvalue weighted by Crippen LogP contribution is -2.39. The van der Waals surface area contributed by atoms with E-state index >= 15 is 0 Å². The van der Waals surface area contributed by atoms with Crippen LogP contribution in [0.25, 0.3) is 0 Å². The lowest BCUT2D eigenvalue weighted by molar-refractivity contribution is -0.184. The molecule has 6 heteroatoms. The van der Waals surface area contributed by atoms with Crippen molar-refractivity contribution in [3.05, 3.63) is 0 Å². The molecular weight excluding hydrogens is 245 g/mol. The first kappa shape index (κ1) is 15.7. The third-order valence-electron chi connectivity index (χ3n) is 3.11. The van der Waals surface area contributed by atoms with E-state index in [0.717, 1.165) is 45.4 Å². The predicted octanol–water partition coefficient (Wildman–Crippen LogP) is 2.23. The summed E-state index contributed by atoms with van der Waals surface area (Å²) in [6, 6.07) is 0. The van der Waals surface area contributed by atoms with Crippen molar-refractivity contribution in [3.8, 4) is 0 Å². The van der Waals surface area contributed by atoms with Crippen LogP contribution in [0.15, 0.2) is 0 Å². The first-order chi connectivity index (χ1) is 8.51. The summed E-state index contributed by atoms with van der Waals surface area (Å²) in [7, 11) is 0. The summed E-state index contributed by atoms with van der Waals surface area (Å²) < 4.78 is 40.3. The Hall–Kier alpha value is -0.330. The highest BCUT2D eigenvalue weighted by atomic mass is 19.4. The van der Waals surface area contributed by atoms with Crippen LogP contribution < -0.4 is 5.32 Å². The van der Waals surface area contributed by atoms with Gasteiger partial charge in [0.15, 0.2) is 0 Å². The van der Waals surface area contributed by atoms with Gasteiger partial charge in [0.25, 0.3) is 0 Å². The number of nitrogens with one attached hydrogen (secondary N) is 1. The molecule has 3 nitrogen and oxygen atoms in total. The number of ether oxygens (including phenoxy) is 1. The highest BCUT2D eigenvalue weighted by molar-refractivity contribution is 4.72. The summed E-state index contributed by atoms with van der Waals surface area (Å²) in [6.07, 6.45) is -1.02. The summed E-state index contributed by atoms with van der Waals surface area (Å²) >= 11 is 0. The van der Waals surface area contributed by atoms with Gasteiger partial charge in [-0.05, 0) is 38.3 Å². The van der Waals surface area contributed by atoms with Gasteiger partial charge in [0, 0.05) is 13.1 Å². The van der Waals surface area contributed by atoms with E-state index in [2.05, 4.69) is 17.0 Å². The van der Waals surface area contributed by atoms with Crippen molar-refractivity contribution in [1.82, 2.24) is 10.2 Å². The largest absolute Gasteiger partial charge is 0.411 e. The van der Waals surface area contributed by atoms with E-state index in [1.807, 2.05) is 4.90 Å². The molecule has 0 aromatic carbocycles. The Labute approximate surface area is 107 Å². The number of alkyl halides is 3. The molecule has 1 aliphatic heterocycles. The van der Waals surface area contributed by atoms with Crippen LogP contribution in [0.5, 0.6) is 0 Å². The van der Waals surface area contributed by atoms with Crippen molar-refractivity contribution in [1.29, 1.82) is 0 Å². The third kappa shape index (κ3) is 7.18. The number of rotatable bonds is 7. The van der Waals surface area contributed by atoms with Crippen LogP contribution in [0, 0.1) is 5.92 Å². The predicted molar refractivity (Wildman–Crippen MR) is 64.3 cm³/mol. The van der Waals surface area contributed by atoms with Gasteiger partial charge < -0.3 is 10.1 Å². The lowest BCUT2D eigenvalue weighted by Gasteiger charge is -2.31. The molecule has 0 atom stereocenters. The average molecular weight is 268 g/mol. The molecule has 0 unspecified atom stereocenters. The number of halogens is 3. The minimum Gasteiger partial charge on any atom is -0.357 e. The molecule has 0 radical (unpaired) electrons. The van der Waals surface area contributed by atoms with Crippen molar-refractivity contribution >= 4 is 0 Å². The first-order valence-corrected chi connectivity index (χ1v) is 6.59. The van der Waals surface area contributed by atoms with Crippen LogP contribution in [0.3, 0.4) is 0 Å². The molecule has 0 spiro atoms. The Balaban J connectivity index is 2.04. The van der Waals surface area contributed by atoms with Gasteiger partial charge in [-0.2, -0.15) is 13.2 Å². The maximum absolute atomic E-state index is 11.9. The standard InChI is InChI=1S/C12H23F3N2O/c1-2-5-16-8-11-3-6-17(7-4-11)10-18-9-12(13,14)15/h11,16H,2-10H2,1H3. The molecule has 0 aliphatic carbocycles. The van der Waals surface area contributed by atoms with Crippen LogP contribution >= 0.6 is 0 Å². The molecule has 0 bridgehead atoms. The number of piperidine rings is 1. The van der Waals surface area contributed by atoms with E-state index in [4.69, 9.17) is 0 Å². The minimum atomic E-state index is -4.22. The van der Waals surface area contributed by atoms with E-state index in [0.29, 0.717) is 5.92 Å². The van der Waals surface area contributed by atoms with Crippen LogP contribution in [-0.4, -0.2) is 50.6 Å². The zero-order valence-electron chi connectivity index (χ0n) is 10.9. The molecule has 1 fully saturated rings. The monoisotopic (exact) mass is 268 g/mol. The molecule has 1 aliphatic rings. The SMILES string of the molecule is CCCNCC1CCN(COCC(F)(F)F)CC1. The van der Waals surface area contributed by atoms with Crippen molar-refractivity contribution in [3.63, 3.8) is 0 Å². The van der Waals surface area contributed by atoms with E-state index < -0.39 is 12.8 Å². The van der Waals surface area contributed by atoms with Gasteiger partial charge in [0.1, 0.15) is 6.61 Å². The molecule has 0 aromatic rings. The minimum absolute atomic E-state index is 0.0919. The van der Waals surface area contributed by atoms with Crippen LogP contribution in [-0.2, 0) is 4.74 Å². The highest BCUT2D eigenvalue weighted by Gasteiger charge is 2.28. The molecule has 1 heterocycles. The maximum atomic E-state index is 11.9. The molecule has 1 saturated heterocycles.